The number of carbonyl (C=O) groups excluding carboxylic acids is 1. The minimum absolute atomic E-state index is 0.107. The van der Waals surface area contributed by atoms with Crippen LogP contribution in [0.25, 0.3) is 6.08 Å². The molecule has 0 aromatic heterocycles. The van der Waals surface area contributed by atoms with Gasteiger partial charge in [0.15, 0.2) is 0 Å². The molecule has 0 amide bonds. The number of phenols is 1. The molecular formula is C11H9NO3. The molecular weight excluding hydrogens is 194 g/mol. The van der Waals surface area contributed by atoms with Gasteiger partial charge in [-0.25, -0.2) is 4.79 Å². The van der Waals surface area contributed by atoms with Gasteiger partial charge in [-0.05, 0) is 23.8 Å². The van der Waals surface area contributed by atoms with Gasteiger partial charge in [0.2, 0.25) is 0 Å². The van der Waals surface area contributed by atoms with Crippen LogP contribution in [0.15, 0.2) is 24.3 Å². The molecule has 0 unspecified atom stereocenters. The summed E-state index contributed by atoms with van der Waals surface area (Å²) in [6, 6.07) is 6.33. The van der Waals surface area contributed by atoms with Crippen molar-refractivity contribution in [2.75, 3.05) is 7.11 Å². The third-order valence-electron chi connectivity index (χ3n) is 1.76. The highest BCUT2D eigenvalue weighted by Gasteiger charge is 1.99. The second kappa shape index (κ2) is 4.82. The summed E-state index contributed by atoms with van der Waals surface area (Å²) in [5, 5.41) is 17.9. The normalized spacial score (nSPS) is 9.87. The van der Waals surface area contributed by atoms with Gasteiger partial charge in [0, 0.05) is 6.08 Å². The molecule has 0 bridgehead atoms. The summed E-state index contributed by atoms with van der Waals surface area (Å²) >= 11 is 0. The van der Waals surface area contributed by atoms with E-state index in [1.807, 2.05) is 6.07 Å². The van der Waals surface area contributed by atoms with Crippen molar-refractivity contribution in [3.63, 3.8) is 0 Å². The second-order valence-electron chi connectivity index (χ2n) is 2.74. The molecule has 0 saturated carbocycles. The summed E-state index contributed by atoms with van der Waals surface area (Å²) in [6.45, 7) is 0. The van der Waals surface area contributed by atoms with Crippen molar-refractivity contribution in [2.45, 2.75) is 0 Å². The Morgan fingerprint density at radius 2 is 2.33 bits per heavy atom. The van der Waals surface area contributed by atoms with Gasteiger partial charge in [-0.3, -0.25) is 0 Å². The lowest BCUT2D eigenvalue weighted by molar-refractivity contribution is -0.134. The standard InChI is InChI=1S/C11H9NO3/c1-15-11(14)5-3-8-2-4-9(7-12)10(13)6-8/h2-6,13H,1H3. The van der Waals surface area contributed by atoms with Gasteiger partial charge in [0.1, 0.15) is 11.8 Å². The number of esters is 1. The molecule has 1 aromatic carbocycles. The summed E-state index contributed by atoms with van der Waals surface area (Å²) in [5.41, 5.74) is 0.821. The summed E-state index contributed by atoms with van der Waals surface area (Å²) in [5.74, 6) is -0.580. The molecule has 0 fully saturated rings. The largest absolute Gasteiger partial charge is 0.507 e. The monoisotopic (exact) mass is 203 g/mol. The number of hydrogen-bond donors (Lipinski definition) is 1. The maximum absolute atomic E-state index is 10.8. The minimum Gasteiger partial charge on any atom is -0.507 e. The lowest BCUT2D eigenvalue weighted by Crippen LogP contribution is -1.93. The van der Waals surface area contributed by atoms with Crippen LogP contribution in [0.4, 0.5) is 0 Å². The SMILES string of the molecule is COC(=O)C=Cc1ccc(C#N)c(O)c1. The Labute approximate surface area is 87.0 Å². The van der Waals surface area contributed by atoms with Crippen LogP contribution in [0, 0.1) is 11.3 Å². The highest BCUT2D eigenvalue weighted by Crippen LogP contribution is 2.18. The van der Waals surface area contributed by atoms with Crippen LogP contribution in [0.3, 0.4) is 0 Å². The maximum atomic E-state index is 10.8. The van der Waals surface area contributed by atoms with Gasteiger partial charge in [-0.2, -0.15) is 5.26 Å². The molecule has 1 aromatic rings. The number of benzene rings is 1. The molecule has 0 saturated heterocycles. The summed E-state index contributed by atoms with van der Waals surface area (Å²) in [6.07, 6.45) is 2.73. The number of methoxy groups -OCH3 is 1. The molecule has 76 valence electrons. The smallest absolute Gasteiger partial charge is 0.330 e. The molecule has 15 heavy (non-hydrogen) atoms. The number of hydrogen-bond acceptors (Lipinski definition) is 4. The first-order chi connectivity index (χ1) is 7.17. The number of rotatable bonds is 2. The van der Waals surface area contributed by atoms with E-state index < -0.39 is 5.97 Å². The highest BCUT2D eigenvalue weighted by molar-refractivity contribution is 5.87. The first kappa shape index (κ1) is 10.8. The average molecular weight is 203 g/mol. The van der Waals surface area contributed by atoms with Crippen molar-refractivity contribution in [3.8, 4) is 11.8 Å². The number of nitriles is 1. The van der Waals surface area contributed by atoms with Crippen LogP contribution in [-0.4, -0.2) is 18.2 Å². The van der Waals surface area contributed by atoms with Crippen molar-refractivity contribution in [1.82, 2.24) is 0 Å². The van der Waals surface area contributed by atoms with Crippen LogP contribution in [0.2, 0.25) is 0 Å². The predicted molar refractivity (Wildman–Crippen MR) is 53.9 cm³/mol. The van der Waals surface area contributed by atoms with E-state index in [4.69, 9.17) is 5.26 Å². The van der Waals surface area contributed by atoms with E-state index in [1.54, 1.807) is 6.07 Å². The van der Waals surface area contributed by atoms with Crippen LogP contribution in [0.5, 0.6) is 5.75 Å². The Bertz CT molecular complexity index is 444. The van der Waals surface area contributed by atoms with E-state index in [0.717, 1.165) is 0 Å². The average Bonchev–Trinajstić information content (AvgIpc) is 2.26. The van der Waals surface area contributed by atoms with Crippen molar-refractivity contribution in [1.29, 1.82) is 5.26 Å². The Hall–Kier alpha value is -2.28. The van der Waals surface area contributed by atoms with Gasteiger partial charge >= 0.3 is 5.97 Å². The third-order valence-corrected chi connectivity index (χ3v) is 1.76. The zero-order chi connectivity index (χ0) is 11.3. The van der Waals surface area contributed by atoms with Crippen LogP contribution >= 0.6 is 0 Å². The Kier molecular flexibility index (Phi) is 3.47. The van der Waals surface area contributed by atoms with Gasteiger partial charge in [0.05, 0.1) is 12.7 Å². The number of aromatic hydroxyl groups is 1. The molecule has 0 spiro atoms. The van der Waals surface area contributed by atoms with Crippen LogP contribution in [0.1, 0.15) is 11.1 Å². The second-order valence-corrected chi connectivity index (χ2v) is 2.74. The molecule has 0 aliphatic heterocycles. The van der Waals surface area contributed by atoms with Crippen LogP contribution < -0.4 is 0 Å². The van der Waals surface area contributed by atoms with Crippen molar-refractivity contribution in [3.05, 3.63) is 35.4 Å². The Morgan fingerprint density at radius 1 is 1.60 bits per heavy atom. The molecule has 4 nitrogen and oxygen atoms in total. The number of ether oxygens (including phenoxy) is 1. The fourth-order valence-electron chi connectivity index (χ4n) is 0.979. The fourth-order valence-corrected chi connectivity index (χ4v) is 0.979. The number of nitrogens with zero attached hydrogens (tertiary/aromatic N) is 1. The predicted octanol–water partition coefficient (Wildman–Crippen LogP) is 1.45. The molecule has 0 atom stereocenters. The van der Waals surface area contributed by atoms with Crippen LogP contribution in [-0.2, 0) is 9.53 Å². The summed E-state index contributed by atoms with van der Waals surface area (Å²) < 4.78 is 4.41. The van der Waals surface area contributed by atoms with E-state index in [0.29, 0.717) is 5.56 Å². The minimum atomic E-state index is -0.473. The zero-order valence-electron chi connectivity index (χ0n) is 8.10. The Balaban J connectivity index is 2.90. The van der Waals surface area contributed by atoms with E-state index in [1.165, 1.54) is 31.4 Å². The van der Waals surface area contributed by atoms with E-state index in [9.17, 15) is 9.90 Å². The molecule has 0 radical (unpaired) electrons. The van der Waals surface area contributed by atoms with Gasteiger partial charge in [-0.15, -0.1) is 0 Å². The number of carbonyl (C=O) groups is 1. The first-order valence-electron chi connectivity index (χ1n) is 4.16. The third kappa shape index (κ3) is 2.85. The number of phenolic OH excluding ortho intramolecular Hbond substituents is 1. The highest BCUT2D eigenvalue weighted by atomic mass is 16.5. The fraction of sp³-hybridized carbons (Fsp3) is 0.0909. The van der Waals surface area contributed by atoms with E-state index in [2.05, 4.69) is 4.74 Å². The summed E-state index contributed by atoms with van der Waals surface area (Å²) in [7, 11) is 1.28. The van der Waals surface area contributed by atoms with Crippen molar-refractivity contribution < 1.29 is 14.6 Å². The van der Waals surface area contributed by atoms with E-state index in [-0.39, 0.29) is 11.3 Å². The molecule has 1 rings (SSSR count). The van der Waals surface area contributed by atoms with Crippen molar-refractivity contribution in [2.24, 2.45) is 0 Å². The lowest BCUT2D eigenvalue weighted by Gasteiger charge is -1.97. The van der Waals surface area contributed by atoms with Gasteiger partial charge in [0.25, 0.3) is 0 Å². The van der Waals surface area contributed by atoms with Gasteiger partial charge in [-0.1, -0.05) is 6.07 Å². The topological polar surface area (TPSA) is 70.3 Å². The first-order valence-corrected chi connectivity index (χ1v) is 4.16. The molecule has 1 N–H and O–H groups in total. The van der Waals surface area contributed by atoms with Crippen molar-refractivity contribution >= 4 is 12.0 Å². The molecule has 0 heterocycles. The quantitative estimate of drug-likeness (QED) is 0.583. The lowest BCUT2D eigenvalue weighted by atomic mass is 10.1. The maximum Gasteiger partial charge on any atom is 0.330 e. The molecule has 4 heteroatoms. The molecule has 0 aliphatic carbocycles. The summed E-state index contributed by atoms with van der Waals surface area (Å²) in [4.78, 5) is 10.8. The zero-order valence-corrected chi connectivity index (χ0v) is 8.10. The van der Waals surface area contributed by atoms with Gasteiger partial charge < -0.3 is 9.84 Å². The molecule has 0 aliphatic rings. The Morgan fingerprint density at radius 3 is 2.87 bits per heavy atom. The van der Waals surface area contributed by atoms with E-state index >= 15 is 0 Å².